The predicted molar refractivity (Wildman–Crippen MR) is 65.8 cm³/mol. The maximum absolute atomic E-state index is 11.1. The van der Waals surface area contributed by atoms with E-state index in [2.05, 4.69) is 16.9 Å². The highest BCUT2D eigenvalue weighted by Gasteiger charge is 2.29. The summed E-state index contributed by atoms with van der Waals surface area (Å²) in [4.78, 5) is 21.1. The molecule has 0 radical (unpaired) electrons. The van der Waals surface area contributed by atoms with Gasteiger partial charge in [-0.2, -0.15) is 0 Å². The van der Waals surface area contributed by atoms with Crippen molar-refractivity contribution in [2.75, 3.05) is 25.1 Å². The quantitative estimate of drug-likeness (QED) is 0.865. The Morgan fingerprint density at radius 3 is 2.89 bits per heavy atom. The first-order valence-electron chi connectivity index (χ1n) is 5.95. The molecule has 0 bridgehead atoms. The minimum absolute atomic E-state index is 0.00176. The largest absolute Gasteiger partial charge is 0.476 e. The molecule has 2 atom stereocenters. The van der Waals surface area contributed by atoms with Crippen LogP contribution in [0.4, 0.5) is 5.82 Å². The number of hydrogen-bond donors (Lipinski definition) is 1. The smallest absolute Gasteiger partial charge is 0.358 e. The first-order chi connectivity index (χ1) is 8.63. The SMILES string of the molecule is COC1CN(c2nccnc2C(=O)O)CCC1C. The van der Waals surface area contributed by atoms with E-state index in [0.717, 1.165) is 13.0 Å². The molecular weight excluding hydrogens is 234 g/mol. The summed E-state index contributed by atoms with van der Waals surface area (Å²) in [6.45, 7) is 3.57. The number of carboxylic acid groups (broad SMARTS) is 1. The molecule has 1 aliphatic rings. The van der Waals surface area contributed by atoms with Gasteiger partial charge in [-0.05, 0) is 12.3 Å². The van der Waals surface area contributed by atoms with Gasteiger partial charge in [0.25, 0.3) is 0 Å². The molecule has 0 aliphatic carbocycles. The number of carbonyl (C=O) groups is 1. The van der Waals surface area contributed by atoms with Gasteiger partial charge in [0.05, 0.1) is 6.10 Å². The number of methoxy groups -OCH3 is 1. The van der Waals surface area contributed by atoms with Gasteiger partial charge in [-0.15, -0.1) is 0 Å². The van der Waals surface area contributed by atoms with E-state index in [1.54, 1.807) is 7.11 Å². The first kappa shape index (κ1) is 12.8. The fourth-order valence-electron chi connectivity index (χ4n) is 2.25. The Bertz CT molecular complexity index is 438. The van der Waals surface area contributed by atoms with Crippen LogP contribution in [0.5, 0.6) is 0 Å². The number of aromatic nitrogens is 2. The molecule has 1 aliphatic heterocycles. The molecule has 1 aromatic heterocycles. The van der Waals surface area contributed by atoms with Crippen LogP contribution in [0.1, 0.15) is 23.8 Å². The Hall–Kier alpha value is -1.69. The van der Waals surface area contributed by atoms with Gasteiger partial charge < -0.3 is 14.7 Å². The Labute approximate surface area is 106 Å². The molecule has 1 N–H and O–H groups in total. The number of piperidine rings is 1. The van der Waals surface area contributed by atoms with E-state index in [9.17, 15) is 4.79 Å². The second-order valence-electron chi connectivity index (χ2n) is 4.52. The van der Waals surface area contributed by atoms with Crippen LogP contribution in [0.2, 0.25) is 0 Å². The number of aromatic carboxylic acids is 1. The van der Waals surface area contributed by atoms with E-state index in [0.29, 0.717) is 18.3 Å². The van der Waals surface area contributed by atoms with Crippen molar-refractivity contribution in [2.45, 2.75) is 19.4 Å². The molecule has 98 valence electrons. The number of rotatable bonds is 3. The zero-order valence-corrected chi connectivity index (χ0v) is 10.5. The maximum atomic E-state index is 11.1. The van der Waals surface area contributed by atoms with Crippen LogP contribution in [-0.2, 0) is 4.74 Å². The molecule has 2 heterocycles. The summed E-state index contributed by atoms with van der Waals surface area (Å²) in [5.41, 5.74) is 0.00176. The molecular formula is C12H17N3O3. The van der Waals surface area contributed by atoms with E-state index in [1.807, 2.05) is 4.90 Å². The van der Waals surface area contributed by atoms with Crippen molar-refractivity contribution in [1.82, 2.24) is 9.97 Å². The van der Waals surface area contributed by atoms with Crippen molar-refractivity contribution in [2.24, 2.45) is 5.92 Å². The third kappa shape index (κ3) is 2.43. The third-order valence-electron chi connectivity index (χ3n) is 3.37. The predicted octanol–water partition coefficient (Wildman–Crippen LogP) is 1.04. The van der Waals surface area contributed by atoms with Crippen LogP contribution in [0.25, 0.3) is 0 Å². The Kier molecular flexibility index (Phi) is 3.76. The summed E-state index contributed by atoms with van der Waals surface area (Å²) in [7, 11) is 1.68. The van der Waals surface area contributed by atoms with E-state index in [4.69, 9.17) is 9.84 Å². The molecule has 6 nitrogen and oxygen atoms in total. The molecule has 6 heteroatoms. The third-order valence-corrected chi connectivity index (χ3v) is 3.37. The summed E-state index contributed by atoms with van der Waals surface area (Å²) in [5, 5.41) is 9.11. The van der Waals surface area contributed by atoms with Crippen molar-refractivity contribution in [3.05, 3.63) is 18.1 Å². The highest BCUT2D eigenvalue weighted by Crippen LogP contribution is 2.24. The van der Waals surface area contributed by atoms with Crippen LogP contribution in [0.15, 0.2) is 12.4 Å². The average Bonchev–Trinajstić information content (AvgIpc) is 2.39. The summed E-state index contributed by atoms with van der Waals surface area (Å²) < 4.78 is 5.42. The lowest BCUT2D eigenvalue weighted by Gasteiger charge is -2.37. The number of carboxylic acids is 1. The van der Waals surface area contributed by atoms with E-state index >= 15 is 0 Å². The van der Waals surface area contributed by atoms with Crippen molar-refractivity contribution in [3.63, 3.8) is 0 Å². The normalized spacial score (nSPS) is 24.0. The van der Waals surface area contributed by atoms with Crippen molar-refractivity contribution >= 4 is 11.8 Å². The van der Waals surface area contributed by atoms with Crippen molar-refractivity contribution in [1.29, 1.82) is 0 Å². The second-order valence-corrected chi connectivity index (χ2v) is 4.52. The zero-order valence-electron chi connectivity index (χ0n) is 10.5. The monoisotopic (exact) mass is 251 g/mol. The minimum atomic E-state index is -1.05. The van der Waals surface area contributed by atoms with Gasteiger partial charge >= 0.3 is 5.97 Å². The molecule has 0 amide bonds. The summed E-state index contributed by atoms with van der Waals surface area (Å²) in [6, 6.07) is 0. The fraction of sp³-hybridized carbons (Fsp3) is 0.583. The Morgan fingerprint density at radius 1 is 1.50 bits per heavy atom. The summed E-state index contributed by atoms with van der Waals surface area (Å²) in [5.74, 6) is -0.152. The lowest BCUT2D eigenvalue weighted by molar-refractivity contribution is 0.0493. The standard InChI is InChI=1S/C12H17N3O3/c1-8-3-6-15(7-9(8)18-2)11-10(12(16)17)13-4-5-14-11/h4-5,8-9H,3,6-7H2,1-2H3,(H,16,17). The van der Waals surface area contributed by atoms with Crippen LogP contribution >= 0.6 is 0 Å². The maximum Gasteiger partial charge on any atom is 0.358 e. The molecule has 0 spiro atoms. The molecule has 1 saturated heterocycles. The molecule has 1 fully saturated rings. The van der Waals surface area contributed by atoms with Gasteiger partial charge in [-0.25, -0.2) is 14.8 Å². The highest BCUT2D eigenvalue weighted by molar-refractivity contribution is 5.90. The topological polar surface area (TPSA) is 75.5 Å². The van der Waals surface area contributed by atoms with Crippen LogP contribution in [0.3, 0.4) is 0 Å². The number of ether oxygens (including phenoxy) is 1. The van der Waals surface area contributed by atoms with E-state index < -0.39 is 5.97 Å². The Morgan fingerprint density at radius 2 is 2.22 bits per heavy atom. The molecule has 1 aromatic rings. The molecule has 0 aromatic carbocycles. The van der Waals surface area contributed by atoms with Crippen molar-refractivity contribution < 1.29 is 14.6 Å². The van der Waals surface area contributed by atoms with Gasteiger partial charge in [0.15, 0.2) is 11.5 Å². The number of anilines is 1. The van der Waals surface area contributed by atoms with Gasteiger partial charge in [-0.1, -0.05) is 6.92 Å². The van der Waals surface area contributed by atoms with Crippen molar-refractivity contribution in [3.8, 4) is 0 Å². The van der Waals surface area contributed by atoms with Crippen LogP contribution in [-0.4, -0.2) is 47.3 Å². The Balaban J connectivity index is 2.24. The summed E-state index contributed by atoms with van der Waals surface area (Å²) in [6.07, 6.45) is 3.96. The number of nitrogens with zero attached hydrogens (tertiary/aromatic N) is 3. The average molecular weight is 251 g/mol. The molecule has 2 unspecified atom stereocenters. The van der Waals surface area contributed by atoms with Gasteiger partial charge in [-0.3, -0.25) is 0 Å². The van der Waals surface area contributed by atoms with Gasteiger partial charge in [0.2, 0.25) is 0 Å². The molecule has 18 heavy (non-hydrogen) atoms. The van der Waals surface area contributed by atoms with E-state index in [1.165, 1.54) is 12.4 Å². The lowest BCUT2D eigenvalue weighted by Crippen LogP contribution is -2.44. The fourth-order valence-corrected chi connectivity index (χ4v) is 2.25. The molecule has 0 saturated carbocycles. The number of hydrogen-bond acceptors (Lipinski definition) is 5. The summed E-state index contributed by atoms with van der Waals surface area (Å²) >= 11 is 0. The van der Waals surface area contributed by atoms with Crippen LogP contribution < -0.4 is 4.90 Å². The lowest BCUT2D eigenvalue weighted by atomic mass is 9.96. The van der Waals surface area contributed by atoms with Gasteiger partial charge in [0.1, 0.15) is 0 Å². The second kappa shape index (κ2) is 5.30. The first-order valence-corrected chi connectivity index (χ1v) is 5.95. The van der Waals surface area contributed by atoms with E-state index in [-0.39, 0.29) is 11.8 Å². The highest BCUT2D eigenvalue weighted by atomic mass is 16.5. The van der Waals surface area contributed by atoms with Gasteiger partial charge in [0, 0.05) is 32.6 Å². The minimum Gasteiger partial charge on any atom is -0.476 e. The van der Waals surface area contributed by atoms with Crippen LogP contribution in [0, 0.1) is 5.92 Å². The molecule has 2 rings (SSSR count). The zero-order chi connectivity index (χ0) is 13.1.